The Morgan fingerprint density at radius 1 is 1.05 bits per heavy atom. The van der Waals surface area contributed by atoms with Gasteiger partial charge in [0.15, 0.2) is 5.78 Å². The Balaban J connectivity index is 1.86. The van der Waals surface area contributed by atoms with Gasteiger partial charge in [0, 0.05) is 18.2 Å². The van der Waals surface area contributed by atoms with Crippen molar-refractivity contribution in [1.82, 2.24) is 4.31 Å². The van der Waals surface area contributed by atoms with Crippen LogP contribution in [0.25, 0.3) is 0 Å². The minimum Gasteiger partial charge on any atom is -0.295 e. The van der Waals surface area contributed by atoms with E-state index >= 15 is 0 Å². The molecule has 22 heavy (non-hydrogen) atoms. The van der Waals surface area contributed by atoms with Gasteiger partial charge in [-0.1, -0.05) is 25.0 Å². The first-order valence-electron chi connectivity index (χ1n) is 8.13. The predicted octanol–water partition coefficient (Wildman–Crippen LogP) is 3.23. The highest BCUT2D eigenvalue weighted by atomic mass is 32.2. The number of nitrogens with zero attached hydrogens (tertiary/aromatic N) is 1. The van der Waals surface area contributed by atoms with E-state index in [1.165, 1.54) is 19.8 Å². The number of Topliss-reactive ketones (excluding diaryl/α,β-unsaturated/α-hetero) is 1. The Kier molecular flexibility index (Phi) is 4.37. The summed E-state index contributed by atoms with van der Waals surface area (Å²) in [5.41, 5.74) is 0.549. The van der Waals surface area contributed by atoms with Crippen molar-refractivity contribution in [2.24, 2.45) is 5.92 Å². The van der Waals surface area contributed by atoms with Gasteiger partial charge in [0.05, 0.1) is 4.90 Å². The molecule has 0 bridgehead atoms. The molecule has 2 aliphatic rings. The van der Waals surface area contributed by atoms with Gasteiger partial charge in [0.25, 0.3) is 0 Å². The van der Waals surface area contributed by atoms with Crippen molar-refractivity contribution < 1.29 is 13.2 Å². The van der Waals surface area contributed by atoms with Crippen LogP contribution in [-0.4, -0.2) is 31.1 Å². The van der Waals surface area contributed by atoms with E-state index in [1.807, 2.05) is 0 Å². The summed E-state index contributed by atoms with van der Waals surface area (Å²) in [6, 6.07) is 6.51. The standard InChI is InChI=1S/C17H23NO3S/c1-13(19)14-8-10-16(11-9-14)22(20,21)18-12-4-7-17(18)15-5-2-3-6-15/h8-11,15,17H,2-7,12H2,1H3. The lowest BCUT2D eigenvalue weighted by Crippen LogP contribution is -2.39. The molecule has 0 radical (unpaired) electrons. The number of carbonyl (C=O) groups is 1. The van der Waals surface area contributed by atoms with Gasteiger partial charge in [0.2, 0.25) is 10.0 Å². The Morgan fingerprint density at radius 2 is 1.68 bits per heavy atom. The lowest BCUT2D eigenvalue weighted by Gasteiger charge is -2.28. The number of ketones is 1. The molecule has 1 aliphatic heterocycles. The summed E-state index contributed by atoms with van der Waals surface area (Å²) in [5, 5.41) is 0. The van der Waals surface area contributed by atoms with E-state index in [0.717, 1.165) is 25.7 Å². The van der Waals surface area contributed by atoms with E-state index in [0.29, 0.717) is 22.9 Å². The van der Waals surface area contributed by atoms with E-state index in [4.69, 9.17) is 0 Å². The van der Waals surface area contributed by atoms with Gasteiger partial charge in [-0.15, -0.1) is 0 Å². The van der Waals surface area contributed by atoms with Crippen LogP contribution in [0.2, 0.25) is 0 Å². The number of sulfonamides is 1. The Bertz CT molecular complexity index is 645. The van der Waals surface area contributed by atoms with Crippen LogP contribution in [-0.2, 0) is 10.0 Å². The zero-order valence-corrected chi connectivity index (χ0v) is 13.8. The van der Waals surface area contributed by atoms with Gasteiger partial charge >= 0.3 is 0 Å². The molecule has 3 rings (SSSR count). The molecule has 0 aromatic heterocycles. The van der Waals surface area contributed by atoms with E-state index in [1.54, 1.807) is 28.6 Å². The highest BCUT2D eigenvalue weighted by molar-refractivity contribution is 7.89. The third-order valence-electron chi connectivity index (χ3n) is 5.06. The molecule has 1 aromatic carbocycles. The highest BCUT2D eigenvalue weighted by Gasteiger charge is 2.40. The quantitative estimate of drug-likeness (QED) is 0.800. The van der Waals surface area contributed by atoms with Crippen LogP contribution in [0.5, 0.6) is 0 Å². The first-order valence-corrected chi connectivity index (χ1v) is 9.57. The molecule has 0 spiro atoms. The third kappa shape index (κ3) is 2.84. The average molecular weight is 321 g/mol. The number of hydrogen-bond acceptors (Lipinski definition) is 3. The Morgan fingerprint density at radius 3 is 2.27 bits per heavy atom. The maximum absolute atomic E-state index is 12.9. The van der Waals surface area contributed by atoms with Gasteiger partial charge in [-0.05, 0) is 50.7 Å². The lowest BCUT2D eigenvalue weighted by molar-refractivity contribution is 0.101. The molecule has 1 heterocycles. The molecule has 1 saturated heterocycles. The zero-order valence-electron chi connectivity index (χ0n) is 13.0. The molecular weight excluding hydrogens is 298 g/mol. The highest BCUT2D eigenvalue weighted by Crippen LogP contribution is 2.38. The van der Waals surface area contributed by atoms with Gasteiger partial charge in [-0.2, -0.15) is 4.31 Å². The molecular formula is C17H23NO3S. The fraction of sp³-hybridized carbons (Fsp3) is 0.588. The number of hydrogen-bond donors (Lipinski definition) is 0. The van der Waals surface area contributed by atoms with Crippen molar-refractivity contribution in [3.05, 3.63) is 29.8 Å². The maximum atomic E-state index is 12.9. The average Bonchev–Trinajstić information content (AvgIpc) is 3.18. The second kappa shape index (κ2) is 6.13. The smallest absolute Gasteiger partial charge is 0.243 e. The van der Waals surface area contributed by atoms with E-state index < -0.39 is 10.0 Å². The summed E-state index contributed by atoms with van der Waals surface area (Å²) in [6.45, 7) is 2.11. The summed E-state index contributed by atoms with van der Waals surface area (Å²) in [7, 11) is -3.45. The summed E-state index contributed by atoms with van der Waals surface area (Å²) < 4.78 is 27.6. The Hall–Kier alpha value is -1.20. The molecule has 1 saturated carbocycles. The monoisotopic (exact) mass is 321 g/mol. The molecule has 120 valence electrons. The largest absolute Gasteiger partial charge is 0.295 e. The van der Waals surface area contributed by atoms with Gasteiger partial charge in [-0.25, -0.2) is 8.42 Å². The van der Waals surface area contributed by atoms with Crippen LogP contribution in [0, 0.1) is 5.92 Å². The van der Waals surface area contributed by atoms with Gasteiger partial charge in [0.1, 0.15) is 0 Å². The molecule has 1 aliphatic carbocycles. The molecule has 5 heteroatoms. The number of carbonyl (C=O) groups excluding carboxylic acids is 1. The van der Waals surface area contributed by atoms with Gasteiger partial charge < -0.3 is 0 Å². The van der Waals surface area contributed by atoms with Crippen molar-refractivity contribution in [3.8, 4) is 0 Å². The SMILES string of the molecule is CC(=O)c1ccc(S(=O)(=O)N2CCCC2C2CCCC2)cc1. The second-order valence-corrected chi connectivity index (χ2v) is 8.34. The van der Waals surface area contributed by atoms with Crippen LogP contribution >= 0.6 is 0 Å². The normalized spacial score (nSPS) is 24.0. The molecule has 0 N–H and O–H groups in total. The fourth-order valence-corrected chi connectivity index (χ4v) is 5.63. The number of benzene rings is 1. The second-order valence-electron chi connectivity index (χ2n) is 6.45. The van der Waals surface area contributed by atoms with Crippen molar-refractivity contribution in [2.75, 3.05) is 6.54 Å². The van der Waals surface area contributed by atoms with E-state index in [9.17, 15) is 13.2 Å². The van der Waals surface area contributed by atoms with Crippen LogP contribution in [0.1, 0.15) is 55.8 Å². The zero-order chi connectivity index (χ0) is 15.7. The summed E-state index contributed by atoms with van der Waals surface area (Å²) in [6.07, 6.45) is 6.69. The van der Waals surface area contributed by atoms with Crippen LogP contribution < -0.4 is 0 Å². The van der Waals surface area contributed by atoms with Crippen molar-refractivity contribution in [2.45, 2.75) is 56.4 Å². The van der Waals surface area contributed by atoms with E-state index in [-0.39, 0.29) is 11.8 Å². The Labute approximate surface area is 132 Å². The van der Waals surface area contributed by atoms with Crippen molar-refractivity contribution >= 4 is 15.8 Å². The minimum absolute atomic E-state index is 0.0473. The lowest BCUT2D eigenvalue weighted by atomic mass is 9.97. The molecule has 0 amide bonds. The molecule has 1 aromatic rings. The van der Waals surface area contributed by atoms with Gasteiger partial charge in [-0.3, -0.25) is 4.79 Å². The molecule has 2 fully saturated rings. The minimum atomic E-state index is -3.45. The van der Waals surface area contributed by atoms with E-state index in [2.05, 4.69) is 0 Å². The molecule has 1 atom stereocenters. The van der Waals surface area contributed by atoms with Crippen LogP contribution in [0.4, 0.5) is 0 Å². The molecule has 1 unspecified atom stereocenters. The predicted molar refractivity (Wildman–Crippen MR) is 85.3 cm³/mol. The fourth-order valence-electron chi connectivity index (χ4n) is 3.87. The molecule has 4 nitrogen and oxygen atoms in total. The number of rotatable bonds is 4. The van der Waals surface area contributed by atoms with Crippen LogP contribution in [0.15, 0.2) is 29.2 Å². The summed E-state index contributed by atoms with van der Waals surface area (Å²) in [4.78, 5) is 11.6. The topological polar surface area (TPSA) is 54.5 Å². The summed E-state index contributed by atoms with van der Waals surface area (Å²) >= 11 is 0. The first kappa shape index (κ1) is 15.7. The van der Waals surface area contributed by atoms with Crippen molar-refractivity contribution in [1.29, 1.82) is 0 Å². The van der Waals surface area contributed by atoms with Crippen molar-refractivity contribution in [3.63, 3.8) is 0 Å². The van der Waals surface area contributed by atoms with Crippen LogP contribution in [0.3, 0.4) is 0 Å². The third-order valence-corrected chi connectivity index (χ3v) is 7.00. The maximum Gasteiger partial charge on any atom is 0.243 e. The first-order chi connectivity index (χ1) is 10.5. The summed E-state index contributed by atoms with van der Waals surface area (Å²) in [5.74, 6) is 0.475.